The fourth-order valence-electron chi connectivity index (χ4n) is 2.82. The number of rotatable bonds is 3. The highest BCUT2D eigenvalue weighted by atomic mass is 19.1. The highest BCUT2D eigenvalue weighted by molar-refractivity contribution is 6.06. The van der Waals surface area contributed by atoms with Crippen molar-refractivity contribution in [2.24, 2.45) is 0 Å². The summed E-state index contributed by atoms with van der Waals surface area (Å²) >= 11 is 0. The van der Waals surface area contributed by atoms with E-state index >= 15 is 0 Å². The number of amides is 2. The van der Waals surface area contributed by atoms with Crippen molar-refractivity contribution in [3.05, 3.63) is 53.1 Å². The molecule has 3 rings (SSSR count). The number of ether oxygens (including phenoxy) is 2. The van der Waals surface area contributed by atoms with E-state index in [4.69, 9.17) is 4.74 Å². The number of hydrogen-bond donors (Lipinski definition) is 2. The van der Waals surface area contributed by atoms with Crippen molar-refractivity contribution >= 4 is 17.7 Å². The van der Waals surface area contributed by atoms with Crippen LogP contribution in [0.25, 0.3) is 0 Å². The topological polar surface area (TPSA) is 89.5 Å². The van der Waals surface area contributed by atoms with E-state index in [9.17, 15) is 14.0 Å². The van der Waals surface area contributed by atoms with Gasteiger partial charge in [0.2, 0.25) is 0 Å². The molecule has 0 saturated carbocycles. The lowest BCUT2D eigenvalue weighted by molar-refractivity contribution is 0.102. The number of fused-ring (bicyclic) bond motifs is 1. The van der Waals surface area contributed by atoms with Gasteiger partial charge in [-0.25, -0.2) is 9.18 Å². The number of hydrogen-bond acceptors (Lipinski definition) is 5. The smallest absolute Gasteiger partial charge is 0.407 e. The number of benzene rings is 1. The average molecular weight is 359 g/mol. The van der Waals surface area contributed by atoms with E-state index in [1.807, 2.05) is 6.92 Å². The molecule has 1 aliphatic rings. The minimum atomic E-state index is -0.677. The van der Waals surface area contributed by atoms with Crippen molar-refractivity contribution < 1.29 is 23.5 Å². The number of carbonyl (C=O) groups is 2. The monoisotopic (exact) mass is 359 g/mol. The number of alkyl carbamates (subject to hydrolysis) is 1. The van der Waals surface area contributed by atoms with Gasteiger partial charge in [-0.2, -0.15) is 0 Å². The molecule has 0 fully saturated rings. The third-order valence-corrected chi connectivity index (χ3v) is 4.02. The summed E-state index contributed by atoms with van der Waals surface area (Å²) in [6.45, 7) is 2.04. The second-order valence-electron chi connectivity index (χ2n) is 5.80. The van der Waals surface area contributed by atoms with E-state index in [-0.39, 0.29) is 23.5 Å². The first-order chi connectivity index (χ1) is 12.5. The van der Waals surface area contributed by atoms with Crippen molar-refractivity contribution in [1.29, 1.82) is 0 Å². The summed E-state index contributed by atoms with van der Waals surface area (Å²) in [5.74, 6) is -0.871. The third kappa shape index (κ3) is 3.58. The largest absolute Gasteiger partial charge is 0.492 e. The fraction of sp³-hybridized carbons (Fsp3) is 0.278. The zero-order valence-electron chi connectivity index (χ0n) is 14.3. The molecule has 136 valence electrons. The van der Waals surface area contributed by atoms with Gasteiger partial charge in [0.15, 0.2) is 0 Å². The van der Waals surface area contributed by atoms with E-state index in [1.54, 1.807) is 18.3 Å². The minimum Gasteiger partial charge on any atom is -0.492 e. The van der Waals surface area contributed by atoms with Crippen molar-refractivity contribution in [3.8, 4) is 5.75 Å². The van der Waals surface area contributed by atoms with Gasteiger partial charge in [-0.1, -0.05) is 0 Å². The molecule has 26 heavy (non-hydrogen) atoms. The van der Waals surface area contributed by atoms with Crippen molar-refractivity contribution in [2.75, 3.05) is 19.0 Å². The molecule has 0 saturated heterocycles. The lowest BCUT2D eigenvalue weighted by Gasteiger charge is -2.28. The first-order valence-electron chi connectivity index (χ1n) is 8.03. The van der Waals surface area contributed by atoms with Crippen LogP contribution < -0.4 is 15.4 Å². The summed E-state index contributed by atoms with van der Waals surface area (Å²) in [6.07, 6.45) is 1.27. The highest BCUT2D eigenvalue weighted by Gasteiger charge is 2.30. The van der Waals surface area contributed by atoms with Gasteiger partial charge in [-0.3, -0.25) is 9.78 Å². The maximum absolute atomic E-state index is 14.4. The standard InChI is InChI=1S/C18H18FN3O4/c1-10-9-11(5-7-20-10)21-17(23)12-3-4-13(19)15-14(22-18(24)25-2)6-8-26-16(12)15/h3-5,7,9,14H,6,8H2,1-2H3,(H,22,24)(H,20,21,23)/t14-/m0/s1. The molecule has 7 nitrogen and oxygen atoms in total. The third-order valence-electron chi connectivity index (χ3n) is 4.02. The van der Waals surface area contributed by atoms with Crippen LogP contribution in [0.2, 0.25) is 0 Å². The Kier molecular flexibility index (Phi) is 5.01. The van der Waals surface area contributed by atoms with Gasteiger partial charge in [-0.15, -0.1) is 0 Å². The Morgan fingerprint density at radius 2 is 2.15 bits per heavy atom. The lowest BCUT2D eigenvalue weighted by Crippen LogP contribution is -2.33. The second kappa shape index (κ2) is 7.38. The van der Waals surface area contributed by atoms with Gasteiger partial charge >= 0.3 is 6.09 Å². The molecule has 0 radical (unpaired) electrons. The maximum atomic E-state index is 14.4. The predicted molar refractivity (Wildman–Crippen MR) is 91.7 cm³/mol. The molecule has 0 aliphatic carbocycles. The molecular weight excluding hydrogens is 341 g/mol. The molecule has 2 heterocycles. The molecule has 2 N–H and O–H groups in total. The van der Waals surface area contributed by atoms with Crippen LogP contribution in [-0.2, 0) is 4.74 Å². The summed E-state index contributed by atoms with van der Waals surface area (Å²) in [4.78, 5) is 28.2. The summed E-state index contributed by atoms with van der Waals surface area (Å²) in [5, 5.41) is 5.31. The minimum absolute atomic E-state index is 0.126. The Morgan fingerprint density at radius 3 is 2.88 bits per heavy atom. The Morgan fingerprint density at radius 1 is 1.35 bits per heavy atom. The molecule has 1 aliphatic heterocycles. The average Bonchev–Trinajstić information content (AvgIpc) is 2.62. The van der Waals surface area contributed by atoms with Crippen LogP contribution >= 0.6 is 0 Å². The van der Waals surface area contributed by atoms with Crippen molar-refractivity contribution in [1.82, 2.24) is 10.3 Å². The quantitative estimate of drug-likeness (QED) is 0.879. The summed E-state index contributed by atoms with van der Waals surface area (Å²) in [6, 6.07) is 5.28. The molecule has 2 aromatic rings. The van der Waals surface area contributed by atoms with E-state index in [0.29, 0.717) is 12.1 Å². The second-order valence-corrected chi connectivity index (χ2v) is 5.80. The molecule has 1 aromatic heterocycles. The Hall–Kier alpha value is -3.16. The molecule has 8 heteroatoms. The number of anilines is 1. The number of nitrogens with one attached hydrogen (secondary N) is 2. The van der Waals surface area contributed by atoms with Crippen LogP contribution in [0.1, 0.15) is 34.1 Å². The van der Waals surface area contributed by atoms with Crippen LogP contribution in [0.5, 0.6) is 5.75 Å². The molecule has 0 spiro atoms. The van der Waals surface area contributed by atoms with Gasteiger partial charge < -0.3 is 20.1 Å². The van der Waals surface area contributed by atoms with E-state index in [1.165, 1.54) is 19.2 Å². The first-order valence-corrected chi connectivity index (χ1v) is 8.03. The zero-order chi connectivity index (χ0) is 18.7. The normalized spacial score (nSPS) is 15.4. The zero-order valence-corrected chi connectivity index (χ0v) is 14.3. The number of aromatic nitrogens is 1. The van der Waals surface area contributed by atoms with Crippen molar-refractivity contribution in [2.45, 2.75) is 19.4 Å². The van der Waals surface area contributed by atoms with Crippen LogP contribution in [0.15, 0.2) is 30.5 Å². The predicted octanol–water partition coefficient (Wildman–Crippen LogP) is 2.96. The van der Waals surface area contributed by atoms with Crippen LogP contribution in [0, 0.1) is 12.7 Å². The number of aryl methyl sites for hydroxylation is 1. The fourth-order valence-corrected chi connectivity index (χ4v) is 2.82. The molecule has 2 amide bonds. The number of halogens is 1. The Labute approximate surface area is 149 Å². The number of nitrogens with zero attached hydrogens (tertiary/aromatic N) is 1. The Balaban J connectivity index is 1.93. The number of carbonyl (C=O) groups excluding carboxylic acids is 2. The first kappa shape index (κ1) is 17.7. The van der Waals surface area contributed by atoms with Gasteiger partial charge in [0.25, 0.3) is 5.91 Å². The van der Waals surface area contributed by atoms with Gasteiger partial charge in [-0.05, 0) is 31.2 Å². The Bertz CT molecular complexity index is 856. The molecule has 1 aromatic carbocycles. The lowest BCUT2D eigenvalue weighted by atomic mass is 9.96. The SMILES string of the molecule is COC(=O)N[C@H]1CCOc2c(C(=O)Nc3ccnc(C)c3)ccc(F)c21. The molecule has 0 unspecified atom stereocenters. The molecule has 0 bridgehead atoms. The molecule has 1 atom stereocenters. The highest BCUT2D eigenvalue weighted by Crippen LogP contribution is 2.37. The van der Waals surface area contributed by atoms with Crippen LogP contribution in [0.3, 0.4) is 0 Å². The van der Waals surface area contributed by atoms with Crippen LogP contribution in [-0.4, -0.2) is 30.7 Å². The van der Waals surface area contributed by atoms with Gasteiger partial charge in [0.1, 0.15) is 11.6 Å². The number of pyridine rings is 1. The van der Waals surface area contributed by atoms with Gasteiger partial charge in [0.05, 0.1) is 30.9 Å². The van der Waals surface area contributed by atoms with Gasteiger partial charge in [0, 0.05) is 24.0 Å². The van der Waals surface area contributed by atoms with E-state index < -0.39 is 23.9 Å². The maximum Gasteiger partial charge on any atom is 0.407 e. The summed E-state index contributed by atoms with van der Waals surface area (Å²) in [5.41, 5.74) is 1.65. The van der Waals surface area contributed by atoms with E-state index in [0.717, 1.165) is 5.69 Å². The van der Waals surface area contributed by atoms with Crippen molar-refractivity contribution in [3.63, 3.8) is 0 Å². The number of methoxy groups -OCH3 is 1. The molecular formula is C18H18FN3O4. The summed E-state index contributed by atoms with van der Waals surface area (Å²) in [7, 11) is 1.23. The summed E-state index contributed by atoms with van der Waals surface area (Å²) < 4.78 is 24.5. The van der Waals surface area contributed by atoms with Crippen LogP contribution in [0.4, 0.5) is 14.9 Å². The van der Waals surface area contributed by atoms with E-state index in [2.05, 4.69) is 20.4 Å².